The van der Waals surface area contributed by atoms with Gasteiger partial charge < -0.3 is 5.11 Å². The Morgan fingerprint density at radius 3 is 2.48 bits per heavy atom. The van der Waals surface area contributed by atoms with E-state index in [4.69, 9.17) is 0 Å². The lowest BCUT2D eigenvalue weighted by Crippen LogP contribution is -2.26. The normalized spacial score (nSPS) is 34.9. The van der Waals surface area contributed by atoms with Gasteiger partial charge >= 0.3 is 0 Å². The standard InChI is InChI=1S/C20H22O3/c1-11(21)19(22)13-7-5-12(6-8-13)9-17-16-10-18(20(17)23)15-4-2-3-14(15)16/h5-9,11,14-16,18,21H,2-4,10H2,1H3. The second-order valence-corrected chi connectivity index (χ2v) is 7.33. The summed E-state index contributed by atoms with van der Waals surface area (Å²) in [4.78, 5) is 24.4. The highest BCUT2D eigenvalue weighted by molar-refractivity contribution is 6.05. The van der Waals surface area contributed by atoms with Crippen molar-refractivity contribution in [2.45, 2.75) is 38.7 Å². The Morgan fingerprint density at radius 1 is 1.17 bits per heavy atom. The van der Waals surface area contributed by atoms with E-state index >= 15 is 0 Å². The number of fused-ring (bicyclic) bond motifs is 5. The molecule has 0 aliphatic heterocycles. The van der Waals surface area contributed by atoms with Gasteiger partial charge in [-0.05, 0) is 61.2 Å². The second-order valence-electron chi connectivity index (χ2n) is 7.33. The third-order valence-electron chi connectivity index (χ3n) is 6.08. The van der Waals surface area contributed by atoms with Crippen molar-refractivity contribution >= 4 is 17.6 Å². The number of hydrogen-bond acceptors (Lipinski definition) is 3. The van der Waals surface area contributed by atoms with Gasteiger partial charge in [0.1, 0.15) is 6.10 Å². The van der Waals surface area contributed by atoms with Crippen LogP contribution >= 0.6 is 0 Å². The van der Waals surface area contributed by atoms with Crippen molar-refractivity contribution in [2.75, 3.05) is 0 Å². The maximum Gasteiger partial charge on any atom is 0.190 e. The Labute approximate surface area is 136 Å². The molecule has 5 atom stereocenters. The summed E-state index contributed by atoms with van der Waals surface area (Å²) in [5.74, 6) is 2.20. The minimum absolute atomic E-state index is 0.269. The molecule has 3 aliphatic rings. The Kier molecular flexibility index (Phi) is 3.49. The average Bonchev–Trinajstić information content (AvgIpc) is 3.21. The van der Waals surface area contributed by atoms with Crippen LogP contribution in [0.1, 0.15) is 48.5 Å². The number of hydrogen-bond donors (Lipinski definition) is 1. The number of ketones is 2. The maximum atomic E-state index is 12.6. The fraction of sp³-hybridized carbons (Fsp3) is 0.500. The number of carbonyl (C=O) groups is 2. The SMILES string of the molecule is CC(O)C(=O)c1ccc(C=C2C(=O)C3CC2C2CCCC32)cc1. The molecule has 0 aromatic heterocycles. The first-order valence-corrected chi connectivity index (χ1v) is 8.64. The van der Waals surface area contributed by atoms with Crippen LogP contribution in [0.5, 0.6) is 0 Å². The highest BCUT2D eigenvalue weighted by Gasteiger charge is 2.56. The van der Waals surface area contributed by atoms with Crippen molar-refractivity contribution in [1.29, 1.82) is 0 Å². The third kappa shape index (κ3) is 2.29. The smallest absolute Gasteiger partial charge is 0.190 e. The molecule has 0 spiro atoms. The summed E-state index contributed by atoms with van der Waals surface area (Å²) in [7, 11) is 0. The molecule has 1 aromatic rings. The number of carbonyl (C=O) groups excluding carboxylic acids is 2. The first-order valence-electron chi connectivity index (χ1n) is 8.64. The van der Waals surface area contributed by atoms with Crippen LogP contribution in [0.4, 0.5) is 0 Å². The van der Waals surface area contributed by atoms with Gasteiger partial charge in [0.15, 0.2) is 11.6 Å². The Bertz CT molecular complexity index is 683. The van der Waals surface area contributed by atoms with Crippen LogP contribution in [0, 0.1) is 23.7 Å². The van der Waals surface area contributed by atoms with E-state index in [1.165, 1.54) is 26.2 Å². The van der Waals surface area contributed by atoms with E-state index in [1.54, 1.807) is 12.1 Å². The van der Waals surface area contributed by atoms with E-state index in [-0.39, 0.29) is 11.7 Å². The van der Waals surface area contributed by atoms with Crippen LogP contribution in [0.3, 0.4) is 0 Å². The summed E-state index contributed by atoms with van der Waals surface area (Å²) in [6.07, 6.45) is 5.89. The number of rotatable bonds is 3. The lowest BCUT2D eigenvalue weighted by molar-refractivity contribution is -0.120. The first-order chi connectivity index (χ1) is 11.1. The third-order valence-corrected chi connectivity index (χ3v) is 6.08. The highest BCUT2D eigenvalue weighted by atomic mass is 16.3. The van der Waals surface area contributed by atoms with Crippen molar-refractivity contribution in [3.63, 3.8) is 0 Å². The monoisotopic (exact) mass is 310 g/mol. The van der Waals surface area contributed by atoms with Crippen LogP contribution < -0.4 is 0 Å². The van der Waals surface area contributed by atoms with E-state index in [0.29, 0.717) is 23.2 Å². The second kappa shape index (κ2) is 5.41. The van der Waals surface area contributed by atoms with Crippen molar-refractivity contribution in [3.05, 3.63) is 41.0 Å². The number of allylic oxidation sites excluding steroid dienone is 1. The summed E-state index contributed by atoms with van der Waals surface area (Å²) >= 11 is 0. The van der Waals surface area contributed by atoms with Crippen molar-refractivity contribution in [3.8, 4) is 0 Å². The molecule has 5 unspecified atom stereocenters. The molecular formula is C20H22O3. The maximum absolute atomic E-state index is 12.6. The Morgan fingerprint density at radius 2 is 1.83 bits per heavy atom. The zero-order valence-corrected chi connectivity index (χ0v) is 13.4. The van der Waals surface area contributed by atoms with Gasteiger partial charge in [-0.3, -0.25) is 9.59 Å². The van der Waals surface area contributed by atoms with E-state index in [9.17, 15) is 14.7 Å². The van der Waals surface area contributed by atoms with Crippen molar-refractivity contribution in [1.82, 2.24) is 0 Å². The van der Waals surface area contributed by atoms with Gasteiger partial charge in [-0.25, -0.2) is 0 Å². The summed E-state index contributed by atoms with van der Waals surface area (Å²) in [5.41, 5.74) is 2.49. The molecule has 120 valence electrons. The van der Waals surface area contributed by atoms with Crippen LogP contribution in [0.25, 0.3) is 6.08 Å². The molecular weight excluding hydrogens is 288 g/mol. The molecule has 0 saturated heterocycles. The first kappa shape index (κ1) is 14.8. The fourth-order valence-electron chi connectivity index (χ4n) is 5.04. The van der Waals surface area contributed by atoms with Gasteiger partial charge in [0.25, 0.3) is 0 Å². The molecule has 4 rings (SSSR count). The predicted octanol–water partition coefficient (Wildman–Crippen LogP) is 3.27. The van der Waals surface area contributed by atoms with Crippen LogP contribution in [0.15, 0.2) is 29.8 Å². The fourth-order valence-corrected chi connectivity index (χ4v) is 5.04. The lowest BCUT2D eigenvalue weighted by Gasteiger charge is -2.25. The van der Waals surface area contributed by atoms with Gasteiger partial charge in [-0.2, -0.15) is 0 Å². The number of benzene rings is 1. The molecule has 0 radical (unpaired) electrons. The number of aliphatic hydroxyl groups is 1. The summed E-state index contributed by atoms with van der Waals surface area (Å²) < 4.78 is 0. The highest BCUT2D eigenvalue weighted by Crippen LogP contribution is 2.59. The molecule has 0 amide bonds. The van der Waals surface area contributed by atoms with Gasteiger partial charge in [-0.1, -0.05) is 30.7 Å². The van der Waals surface area contributed by atoms with Crippen molar-refractivity contribution in [2.24, 2.45) is 23.7 Å². The van der Waals surface area contributed by atoms with Gasteiger partial charge in [0.2, 0.25) is 0 Å². The van der Waals surface area contributed by atoms with E-state index in [0.717, 1.165) is 23.5 Å². The summed E-state index contributed by atoms with van der Waals surface area (Å²) in [6, 6.07) is 7.21. The molecule has 3 aliphatic carbocycles. The minimum Gasteiger partial charge on any atom is -0.385 e. The van der Waals surface area contributed by atoms with E-state index in [1.807, 2.05) is 18.2 Å². The van der Waals surface area contributed by atoms with E-state index in [2.05, 4.69) is 0 Å². The lowest BCUT2D eigenvalue weighted by atomic mass is 9.78. The largest absolute Gasteiger partial charge is 0.385 e. The number of aliphatic hydroxyl groups excluding tert-OH is 1. The zero-order chi connectivity index (χ0) is 16.1. The summed E-state index contributed by atoms with van der Waals surface area (Å²) in [5, 5.41) is 9.36. The van der Waals surface area contributed by atoms with Gasteiger partial charge in [0, 0.05) is 11.5 Å². The van der Waals surface area contributed by atoms with E-state index < -0.39 is 6.10 Å². The molecule has 3 fully saturated rings. The predicted molar refractivity (Wildman–Crippen MR) is 87.9 cm³/mol. The molecule has 3 saturated carbocycles. The van der Waals surface area contributed by atoms with Crippen LogP contribution in [-0.4, -0.2) is 22.8 Å². The molecule has 23 heavy (non-hydrogen) atoms. The minimum atomic E-state index is -0.981. The average molecular weight is 310 g/mol. The van der Waals surface area contributed by atoms with Crippen LogP contribution in [-0.2, 0) is 4.79 Å². The number of Topliss-reactive ketones (excluding diaryl/α,β-unsaturated/α-hetero) is 2. The molecule has 2 bridgehead atoms. The molecule has 0 heterocycles. The molecule has 3 nitrogen and oxygen atoms in total. The quantitative estimate of drug-likeness (QED) is 0.688. The zero-order valence-electron chi connectivity index (χ0n) is 13.4. The molecule has 3 heteroatoms. The van der Waals surface area contributed by atoms with Crippen LogP contribution in [0.2, 0.25) is 0 Å². The Hall–Kier alpha value is -1.74. The summed E-state index contributed by atoms with van der Waals surface area (Å²) in [6.45, 7) is 1.48. The molecule has 1 N–H and O–H groups in total. The molecule has 1 aromatic carbocycles. The van der Waals surface area contributed by atoms with Gasteiger partial charge in [-0.15, -0.1) is 0 Å². The van der Waals surface area contributed by atoms with Crippen molar-refractivity contribution < 1.29 is 14.7 Å². The van der Waals surface area contributed by atoms with Gasteiger partial charge in [0.05, 0.1) is 0 Å². The topological polar surface area (TPSA) is 54.4 Å². The Balaban J connectivity index is 1.59.